The predicted molar refractivity (Wildman–Crippen MR) is 77.6 cm³/mol. The molecule has 1 heterocycles. The maximum atomic E-state index is 13.4. The fraction of sp³-hybridized carbons (Fsp3) is 0.154. The number of rotatable bonds is 4. The molecule has 0 aliphatic heterocycles. The molecule has 0 saturated heterocycles. The van der Waals surface area contributed by atoms with Crippen LogP contribution >= 0.6 is 27.5 Å². The molecule has 0 unspecified atom stereocenters. The lowest BCUT2D eigenvalue weighted by Crippen LogP contribution is -1.99. The van der Waals surface area contributed by atoms with Crippen LogP contribution in [0, 0.1) is 5.82 Å². The van der Waals surface area contributed by atoms with Crippen molar-refractivity contribution in [1.82, 2.24) is 4.98 Å². The van der Waals surface area contributed by atoms with Crippen LogP contribution in [-0.4, -0.2) is 11.5 Å². The Morgan fingerprint density at radius 3 is 2.95 bits per heavy atom. The fourth-order valence-corrected chi connectivity index (χ4v) is 2.18. The first-order valence-electron chi connectivity index (χ1n) is 5.62. The first-order chi connectivity index (χ1) is 9.10. The molecule has 3 nitrogen and oxygen atoms in total. The topological polar surface area (TPSA) is 34.1 Å². The van der Waals surface area contributed by atoms with Gasteiger partial charge in [0.25, 0.3) is 0 Å². The van der Waals surface area contributed by atoms with E-state index in [1.165, 1.54) is 12.1 Å². The van der Waals surface area contributed by atoms with Crippen LogP contribution in [0.2, 0.25) is 5.02 Å². The Morgan fingerprint density at radius 1 is 1.42 bits per heavy atom. The monoisotopic (exact) mass is 344 g/mol. The average Bonchev–Trinajstić information content (AvgIpc) is 2.37. The molecule has 1 N–H and O–H groups in total. The third kappa shape index (κ3) is 3.58. The van der Waals surface area contributed by atoms with E-state index in [2.05, 4.69) is 26.2 Å². The van der Waals surface area contributed by atoms with Gasteiger partial charge in [-0.3, -0.25) is 0 Å². The van der Waals surface area contributed by atoms with Crippen molar-refractivity contribution >= 4 is 33.3 Å². The lowest BCUT2D eigenvalue weighted by atomic mass is 10.3. The van der Waals surface area contributed by atoms with Gasteiger partial charge in [0.05, 0.1) is 9.50 Å². The molecule has 19 heavy (non-hydrogen) atoms. The van der Waals surface area contributed by atoms with Crippen LogP contribution in [0.15, 0.2) is 34.9 Å². The Kier molecular flexibility index (Phi) is 4.61. The van der Waals surface area contributed by atoms with Crippen molar-refractivity contribution in [1.29, 1.82) is 0 Å². The Hall–Kier alpha value is -1.33. The SMILES string of the molecule is CCNc1cc(Oc2cc(F)c(Cl)cc2Br)ccn1. The highest BCUT2D eigenvalue weighted by Gasteiger charge is 2.09. The minimum Gasteiger partial charge on any atom is -0.456 e. The highest BCUT2D eigenvalue weighted by Crippen LogP contribution is 2.34. The summed E-state index contributed by atoms with van der Waals surface area (Å²) in [6, 6.07) is 6.13. The third-order valence-electron chi connectivity index (χ3n) is 2.29. The normalized spacial score (nSPS) is 10.3. The van der Waals surface area contributed by atoms with Gasteiger partial charge in [0.1, 0.15) is 23.1 Å². The molecule has 0 atom stereocenters. The fourth-order valence-electron chi connectivity index (χ4n) is 1.46. The number of hydrogen-bond acceptors (Lipinski definition) is 3. The van der Waals surface area contributed by atoms with Gasteiger partial charge in [-0.25, -0.2) is 9.37 Å². The quantitative estimate of drug-likeness (QED) is 0.804. The van der Waals surface area contributed by atoms with Crippen LogP contribution < -0.4 is 10.1 Å². The first kappa shape index (κ1) is 14.1. The molecule has 0 aliphatic carbocycles. The zero-order chi connectivity index (χ0) is 13.8. The van der Waals surface area contributed by atoms with Crippen LogP contribution in [-0.2, 0) is 0 Å². The molecule has 0 aliphatic rings. The molecule has 6 heteroatoms. The van der Waals surface area contributed by atoms with E-state index in [1.54, 1.807) is 18.3 Å². The summed E-state index contributed by atoms with van der Waals surface area (Å²) in [7, 11) is 0. The Bertz CT molecular complexity index is 595. The molecule has 0 spiro atoms. The second kappa shape index (κ2) is 6.21. The van der Waals surface area contributed by atoms with Gasteiger partial charge in [0, 0.05) is 24.9 Å². The number of aromatic nitrogens is 1. The number of pyridine rings is 1. The van der Waals surface area contributed by atoms with Crippen molar-refractivity contribution in [2.45, 2.75) is 6.92 Å². The molecule has 2 aromatic rings. The van der Waals surface area contributed by atoms with Crippen molar-refractivity contribution in [3.8, 4) is 11.5 Å². The van der Waals surface area contributed by atoms with E-state index >= 15 is 0 Å². The number of ether oxygens (including phenoxy) is 1. The van der Waals surface area contributed by atoms with Crippen LogP contribution in [0.25, 0.3) is 0 Å². The van der Waals surface area contributed by atoms with E-state index < -0.39 is 5.82 Å². The minimum absolute atomic E-state index is 0.0438. The zero-order valence-electron chi connectivity index (χ0n) is 10.1. The highest BCUT2D eigenvalue weighted by molar-refractivity contribution is 9.10. The molecule has 1 aromatic carbocycles. The van der Waals surface area contributed by atoms with Gasteiger partial charge in [-0.1, -0.05) is 11.6 Å². The van der Waals surface area contributed by atoms with Crippen molar-refractivity contribution < 1.29 is 9.13 Å². The molecular formula is C13H11BrClFN2O. The smallest absolute Gasteiger partial charge is 0.145 e. The van der Waals surface area contributed by atoms with Gasteiger partial charge in [0.2, 0.25) is 0 Å². The summed E-state index contributed by atoms with van der Waals surface area (Å²) in [5, 5.41) is 3.11. The Labute approximate surface area is 123 Å². The van der Waals surface area contributed by atoms with E-state index in [0.29, 0.717) is 21.8 Å². The summed E-state index contributed by atoms with van der Waals surface area (Å²) in [5.74, 6) is 1.09. The zero-order valence-corrected chi connectivity index (χ0v) is 12.4. The van der Waals surface area contributed by atoms with Gasteiger partial charge < -0.3 is 10.1 Å². The van der Waals surface area contributed by atoms with Gasteiger partial charge in [0.15, 0.2) is 0 Å². The van der Waals surface area contributed by atoms with Crippen LogP contribution in [0.3, 0.4) is 0 Å². The van der Waals surface area contributed by atoms with Crippen molar-refractivity contribution in [2.24, 2.45) is 0 Å². The molecule has 0 saturated carbocycles. The van der Waals surface area contributed by atoms with Crippen LogP contribution in [0.5, 0.6) is 11.5 Å². The lowest BCUT2D eigenvalue weighted by molar-refractivity contribution is 0.473. The number of anilines is 1. The second-order valence-electron chi connectivity index (χ2n) is 3.71. The second-order valence-corrected chi connectivity index (χ2v) is 4.97. The summed E-state index contributed by atoms with van der Waals surface area (Å²) in [4.78, 5) is 4.13. The van der Waals surface area contributed by atoms with Crippen LogP contribution in [0.4, 0.5) is 10.2 Å². The number of halogens is 3. The average molecular weight is 346 g/mol. The predicted octanol–water partition coefficient (Wildman–Crippen LogP) is 4.86. The maximum Gasteiger partial charge on any atom is 0.145 e. The van der Waals surface area contributed by atoms with E-state index in [0.717, 1.165) is 6.54 Å². The molecular weight excluding hydrogens is 335 g/mol. The van der Waals surface area contributed by atoms with Gasteiger partial charge in [-0.05, 0) is 35.0 Å². The van der Waals surface area contributed by atoms with Crippen LogP contribution in [0.1, 0.15) is 6.92 Å². The molecule has 0 radical (unpaired) electrons. The molecule has 0 bridgehead atoms. The molecule has 2 rings (SSSR count). The van der Waals surface area contributed by atoms with E-state index in [4.69, 9.17) is 16.3 Å². The van der Waals surface area contributed by atoms with Crippen molar-refractivity contribution in [3.63, 3.8) is 0 Å². The molecule has 0 fully saturated rings. The first-order valence-corrected chi connectivity index (χ1v) is 6.79. The largest absolute Gasteiger partial charge is 0.456 e. The number of benzene rings is 1. The van der Waals surface area contributed by atoms with Crippen molar-refractivity contribution in [2.75, 3.05) is 11.9 Å². The number of nitrogens with one attached hydrogen (secondary N) is 1. The highest BCUT2D eigenvalue weighted by atomic mass is 79.9. The number of nitrogens with zero attached hydrogens (tertiary/aromatic N) is 1. The van der Waals surface area contributed by atoms with E-state index in [1.807, 2.05) is 6.92 Å². The summed E-state index contributed by atoms with van der Waals surface area (Å²) < 4.78 is 19.6. The summed E-state index contributed by atoms with van der Waals surface area (Å²) in [6.07, 6.45) is 1.62. The minimum atomic E-state index is -0.527. The Morgan fingerprint density at radius 2 is 2.21 bits per heavy atom. The van der Waals surface area contributed by atoms with Gasteiger partial charge in [-0.2, -0.15) is 0 Å². The summed E-state index contributed by atoms with van der Waals surface area (Å²) in [6.45, 7) is 2.73. The van der Waals surface area contributed by atoms with Gasteiger partial charge in [-0.15, -0.1) is 0 Å². The summed E-state index contributed by atoms with van der Waals surface area (Å²) in [5.41, 5.74) is 0. The van der Waals surface area contributed by atoms with E-state index in [-0.39, 0.29) is 5.02 Å². The standard InChI is InChI=1S/C13H11BrClFN2O/c1-2-17-13-5-8(3-4-18-13)19-12-7-11(16)10(15)6-9(12)14/h3-7H,2H2,1H3,(H,17,18). The molecule has 100 valence electrons. The van der Waals surface area contributed by atoms with E-state index in [9.17, 15) is 4.39 Å². The van der Waals surface area contributed by atoms with Crippen molar-refractivity contribution in [3.05, 3.63) is 45.8 Å². The molecule has 0 amide bonds. The lowest BCUT2D eigenvalue weighted by Gasteiger charge is -2.10. The summed E-state index contributed by atoms with van der Waals surface area (Å²) >= 11 is 8.96. The Balaban J connectivity index is 2.25. The third-order valence-corrected chi connectivity index (χ3v) is 3.20. The molecule has 1 aromatic heterocycles. The van der Waals surface area contributed by atoms with Gasteiger partial charge >= 0.3 is 0 Å². The maximum absolute atomic E-state index is 13.4. The number of hydrogen-bond donors (Lipinski definition) is 1.